The van der Waals surface area contributed by atoms with Crippen LogP contribution in [0.5, 0.6) is 0 Å². The van der Waals surface area contributed by atoms with E-state index in [0.717, 1.165) is 28.1 Å². The topological polar surface area (TPSA) is 64.0 Å². The van der Waals surface area contributed by atoms with Crippen LogP contribution in [0.3, 0.4) is 0 Å². The molecule has 31 heavy (non-hydrogen) atoms. The molecule has 0 bridgehead atoms. The summed E-state index contributed by atoms with van der Waals surface area (Å²) in [6, 6.07) is 20.8. The Morgan fingerprint density at radius 2 is 1.71 bits per heavy atom. The maximum Gasteiger partial charge on any atom is 0.266 e. The Hall–Kier alpha value is -3.38. The van der Waals surface area contributed by atoms with Crippen LogP contribution in [-0.4, -0.2) is 21.2 Å². The molecule has 156 valence electrons. The summed E-state index contributed by atoms with van der Waals surface area (Å²) < 4.78 is 1.60. The molecule has 0 spiro atoms. The third kappa shape index (κ3) is 4.54. The van der Waals surface area contributed by atoms with E-state index in [0.29, 0.717) is 16.1 Å². The molecule has 0 saturated carbocycles. The first kappa shape index (κ1) is 20.9. The van der Waals surface area contributed by atoms with Crippen LogP contribution in [0.2, 0.25) is 0 Å². The van der Waals surface area contributed by atoms with Gasteiger partial charge in [0, 0.05) is 5.69 Å². The number of aryl methyl sites for hydroxylation is 3. The molecule has 0 unspecified atom stereocenters. The van der Waals surface area contributed by atoms with Gasteiger partial charge in [0.1, 0.15) is 0 Å². The molecule has 1 aromatic heterocycles. The molecule has 0 aliphatic carbocycles. The van der Waals surface area contributed by atoms with E-state index >= 15 is 0 Å². The lowest BCUT2D eigenvalue weighted by Gasteiger charge is -2.14. The number of hydrogen-bond acceptors (Lipinski definition) is 4. The first-order valence-electron chi connectivity index (χ1n) is 10.0. The summed E-state index contributed by atoms with van der Waals surface area (Å²) in [4.78, 5) is 30.5. The van der Waals surface area contributed by atoms with Crippen LogP contribution in [0.15, 0.2) is 76.7 Å². The second-order valence-electron chi connectivity index (χ2n) is 7.52. The van der Waals surface area contributed by atoms with Gasteiger partial charge in [-0.25, -0.2) is 4.98 Å². The fourth-order valence-corrected chi connectivity index (χ4v) is 4.08. The van der Waals surface area contributed by atoms with Gasteiger partial charge in [-0.1, -0.05) is 47.7 Å². The van der Waals surface area contributed by atoms with Crippen molar-refractivity contribution in [2.24, 2.45) is 0 Å². The van der Waals surface area contributed by atoms with Gasteiger partial charge in [-0.15, -0.1) is 0 Å². The quantitative estimate of drug-likeness (QED) is 0.356. The number of anilines is 1. The maximum atomic E-state index is 13.3. The molecule has 0 aliphatic rings. The predicted molar refractivity (Wildman–Crippen MR) is 127 cm³/mol. The van der Waals surface area contributed by atoms with Gasteiger partial charge in [0.25, 0.3) is 5.56 Å². The molecule has 5 nitrogen and oxygen atoms in total. The van der Waals surface area contributed by atoms with Crippen molar-refractivity contribution in [1.82, 2.24) is 9.55 Å². The van der Waals surface area contributed by atoms with Gasteiger partial charge < -0.3 is 5.32 Å². The second kappa shape index (κ2) is 8.78. The van der Waals surface area contributed by atoms with Crippen LogP contribution in [0.1, 0.15) is 16.7 Å². The molecule has 1 heterocycles. The molecule has 3 aromatic carbocycles. The molecule has 0 fully saturated rings. The van der Waals surface area contributed by atoms with E-state index in [1.54, 1.807) is 10.6 Å². The van der Waals surface area contributed by atoms with Crippen LogP contribution in [-0.2, 0) is 4.79 Å². The van der Waals surface area contributed by atoms with E-state index in [9.17, 15) is 9.59 Å². The van der Waals surface area contributed by atoms with Gasteiger partial charge >= 0.3 is 0 Å². The van der Waals surface area contributed by atoms with Gasteiger partial charge in [0.05, 0.1) is 22.3 Å². The lowest BCUT2D eigenvalue weighted by atomic mass is 10.1. The van der Waals surface area contributed by atoms with Crippen molar-refractivity contribution in [3.63, 3.8) is 0 Å². The average molecular weight is 430 g/mol. The van der Waals surface area contributed by atoms with Gasteiger partial charge in [0.2, 0.25) is 5.91 Å². The second-order valence-corrected chi connectivity index (χ2v) is 8.47. The highest BCUT2D eigenvalue weighted by Crippen LogP contribution is 2.23. The van der Waals surface area contributed by atoms with E-state index in [4.69, 9.17) is 4.98 Å². The first-order valence-corrected chi connectivity index (χ1v) is 11.0. The Labute approximate surface area is 185 Å². The molecule has 1 amide bonds. The number of nitrogens with zero attached hydrogens (tertiary/aromatic N) is 2. The molecular weight excluding hydrogens is 406 g/mol. The molecule has 0 radical (unpaired) electrons. The zero-order chi connectivity index (χ0) is 22.0. The number of para-hydroxylation sites is 1. The molecule has 0 saturated heterocycles. The van der Waals surface area contributed by atoms with Crippen molar-refractivity contribution < 1.29 is 4.79 Å². The molecule has 0 aliphatic heterocycles. The van der Waals surface area contributed by atoms with E-state index < -0.39 is 0 Å². The lowest BCUT2D eigenvalue weighted by Crippen LogP contribution is -2.23. The summed E-state index contributed by atoms with van der Waals surface area (Å²) in [6.45, 7) is 6.05. The third-order valence-electron chi connectivity index (χ3n) is 5.16. The van der Waals surface area contributed by atoms with Gasteiger partial charge in [0.15, 0.2) is 5.16 Å². The van der Waals surface area contributed by atoms with Crippen molar-refractivity contribution in [1.29, 1.82) is 0 Å². The standard InChI is InChI=1S/C25H23N3O2S/c1-16-8-11-19(12-9-16)26-23(29)15-31-25-27-22-7-5-4-6-21(22)24(30)28(25)20-13-10-17(2)18(3)14-20/h4-14H,15H2,1-3H3,(H,26,29). The van der Waals surface area contributed by atoms with E-state index in [1.807, 2.05) is 81.4 Å². The highest BCUT2D eigenvalue weighted by Gasteiger charge is 2.15. The largest absolute Gasteiger partial charge is 0.325 e. The highest BCUT2D eigenvalue weighted by atomic mass is 32.2. The van der Waals surface area contributed by atoms with Crippen molar-refractivity contribution >= 4 is 34.3 Å². The number of carbonyl (C=O) groups is 1. The number of thioether (sulfide) groups is 1. The fraction of sp³-hybridized carbons (Fsp3) is 0.160. The summed E-state index contributed by atoms with van der Waals surface area (Å²) in [5.74, 6) is -0.00773. The maximum absolute atomic E-state index is 13.3. The predicted octanol–water partition coefficient (Wildman–Crippen LogP) is 5.04. The Morgan fingerprint density at radius 3 is 2.45 bits per heavy atom. The smallest absolute Gasteiger partial charge is 0.266 e. The zero-order valence-electron chi connectivity index (χ0n) is 17.7. The monoisotopic (exact) mass is 429 g/mol. The van der Waals surface area contributed by atoms with E-state index in [1.165, 1.54) is 11.8 Å². The summed E-state index contributed by atoms with van der Waals surface area (Å²) in [5.41, 5.74) is 5.33. The number of amides is 1. The van der Waals surface area contributed by atoms with Gasteiger partial charge in [-0.3, -0.25) is 14.2 Å². The van der Waals surface area contributed by atoms with E-state index in [2.05, 4.69) is 5.32 Å². The molecule has 1 N–H and O–H groups in total. The normalized spacial score (nSPS) is 10.9. The molecule has 4 aromatic rings. The summed E-state index contributed by atoms with van der Waals surface area (Å²) in [5, 5.41) is 3.93. The Balaban J connectivity index is 1.68. The Morgan fingerprint density at radius 1 is 0.968 bits per heavy atom. The van der Waals surface area contributed by atoms with Crippen molar-refractivity contribution in [3.8, 4) is 5.69 Å². The molecule has 4 rings (SSSR count). The number of hydrogen-bond donors (Lipinski definition) is 1. The summed E-state index contributed by atoms with van der Waals surface area (Å²) in [6.07, 6.45) is 0. The molecule has 0 atom stereocenters. The van der Waals surface area contributed by atoms with E-state index in [-0.39, 0.29) is 17.2 Å². The minimum Gasteiger partial charge on any atom is -0.325 e. The number of rotatable bonds is 5. The number of benzene rings is 3. The third-order valence-corrected chi connectivity index (χ3v) is 6.10. The lowest BCUT2D eigenvalue weighted by molar-refractivity contribution is -0.113. The van der Waals surface area contributed by atoms with Crippen molar-refractivity contribution in [3.05, 3.63) is 93.8 Å². The van der Waals surface area contributed by atoms with Crippen LogP contribution in [0.4, 0.5) is 5.69 Å². The van der Waals surface area contributed by atoms with Crippen LogP contribution in [0, 0.1) is 20.8 Å². The first-order chi connectivity index (χ1) is 14.9. The van der Waals surface area contributed by atoms with Crippen molar-refractivity contribution in [2.75, 3.05) is 11.1 Å². The highest BCUT2D eigenvalue weighted by molar-refractivity contribution is 7.99. The summed E-state index contributed by atoms with van der Waals surface area (Å²) in [7, 11) is 0. The number of carbonyl (C=O) groups excluding carboxylic acids is 1. The summed E-state index contributed by atoms with van der Waals surface area (Å²) >= 11 is 1.25. The molecule has 6 heteroatoms. The number of aromatic nitrogens is 2. The van der Waals surface area contributed by atoms with Crippen LogP contribution >= 0.6 is 11.8 Å². The fourth-order valence-electron chi connectivity index (χ4n) is 3.27. The number of nitrogens with one attached hydrogen (secondary N) is 1. The Bertz CT molecular complexity index is 1330. The van der Waals surface area contributed by atoms with Crippen LogP contribution in [0.25, 0.3) is 16.6 Å². The molecular formula is C25H23N3O2S. The average Bonchev–Trinajstić information content (AvgIpc) is 2.76. The Kier molecular flexibility index (Phi) is 5.91. The SMILES string of the molecule is Cc1ccc(NC(=O)CSc2nc3ccccc3c(=O)n2-c2ccc(C)c(C)c2)cc1. The van der Waals surface area contributed by atoms with Gasteiger partial charge in [-0.2, -0.15) is 0 Å². The van der Waals surface area contributed by atoms with Crippen molar-refractivity contribution in [2.45, 2.75) is 25.9 Å². The minimum atomic E-state index is -0.150. The number of fused-ring (bicyclic) bond motifs is 1. The van der Waals surface area contributed by atoms with Gasteiger partial charge in [-0.05, 0) is 68.3 Å². The van der Waals surface area contributed by atoms with Crippen LogP contribution < -0.4 is 10.9 Å². The zero-order valence-corrected chi connectivity index (χ0v) is 18.5. The minimum absolute atomic E-state index is 0.142.